The number of rotatable bonds is 3. The molecule has 2 N–H and O–H groups in total. The minimum absolute atomic E-state index is 0.263. The number of benzene rings is 1. The first-order valence-corrected chi connectivity index (χ1v) is 8.09. The summed E-state index contributed by atoms with van der Waals surface area (Å²) in [7, 11) is 0. The fourth-order valence-corrected chi connectivity index (χ4v) is 4.19. The second-order valence-electron chi connectivity index (χ2n) is 5.88. The zero-order valence-electron chi connectivity index (χ0n) is 12.2. The van der Waals surface area contributed by atoms with E-state index in [1.54, 1.807) is 11.3 Å². The molecule has 1 aliphatic rings. The minimum atomic E-state index is 0.263. The Labute approximate surface area is 124 Å². The molecule has 2 nitrogen and oxygen atoms in total. The largest absolute Gasteiger partial charge is 0.508 e. The van der Waals surface area contributed by atoms with Gasteiger partial charge in [-0.25, -0.2) is 0 Å². The summed E-state index contributed by atoms with van der Waals surface area (Å²) in [5, 5.41) is 18.2. The van der Waals surface area contributed by atoms with Crippen LogP contribution in [0.5, 0.6) is 5.75 Å². The Morgan fingerprint density at radius 3 is 2.70 bits per heavy atom. The van der Waals surface area contributed by atoms with Crippen LogP contribution in [0.4, 0.5) is 0 Å². The maximum atomic E-state index is 10.2. The molecular formula is C17H21NOS. The molecule has 0 saturated carbocycles. The lowest BCUT2D eigenvalue weighted by atomic mass is 9.97. The molecule has 0 bridgehead atoms. The molecule has 0 fully saturated rings. The lowest BCUT2D eigenvalue weighted by Crippen LogP contribution is -2.19. The third kappa shape index (κ3) is 2.25. The summed E-state index contributed by atoms with van der Waals surface area (Å²) >= 11 is 1.75. The van der Waals surface area contributed by atoms with Crippen LogP contribution in [0.25, 0.3) is 0 Å². The van der Waals surface area contributed by atoms with Crippen LogP contribution in [0.15, 0.2) is 22.9 Å². The van der Waals surface area contributed by atoms with Gasteiger partial charge in [0.1, 0.15) is 5.75 Å². The van der Waals surface area contributed by atoms with E-state index in [0.29, 0.717) is 11.7 Å². The van der Waals surface area contributed by atoms with Gasteiger partial charge in [-0.1, -0.05) is 13.0 Å². The summed E-state index contributed by atoms with van der Waals surface area (Å²) < 4.78 is 0. The number of aryl methyl sites for hydroxylation is 2. The molecule has 1 heterocycles. The summed E-state index contributed by atoms with van der Waals surface area (Å²) in [4.78, 5) is 0. The second-order valence-corrected chi connectivity index (χ2v) is 6.62. The first-order chi connectivity index (χ1) is 9.58. The van der Waals surface area contributed by atoms with Crippen molar-refractivity contribution in [2.45, 2.75) is 45.7 Å². The van der Waals surface area contributed by atoms with Crippen LogP contribution in [0, 0.1) is 13.8 Å². The summed E-state index contributed by atoms with van der Waals surface area (Å²) in [5.74, 6) is 0.952. The van der Waals surface area contributed by atoms with Gasteiger partial charge in [-0.3, -0.25) is 0 Å². The minimum Gasteiger partial charge on any atom is -0.508 e. The molecule has 2 atom stereocenters. The zero-order chi connectivity index (χ0) is 14.3. The van der Waals surface area contributed by atoms with E-state index in [0.717, 1.165) is 18.5 Å². The fourth-order valence-electron chi connectivity index (χ4n) is 3.33. The maximum Gasteiger partial charge on any atom is 0.120 e. The van der Waals surface area contributed by atoms with Crippen molar-refractivity contribution in [2.24, 2.45) is 0 Å². The van der Waals surface area contributed by atoms with Crippen LogP contribution in [0.1, 0.15) is 53.1 Å². The SMILES string of the molecule is Cc1cscc1CNC1CC(C)c2c(C)ccc(O)c21. The highest BCUT2D eigenvalue weighted by atomic mass is 32.1. The van der Waals surface area contributed by atoms with Crippen LogP contribution < -0.4 is 5.32 Å². The number of nitrogens with one attached hydrogen (secondary N) is 1. The van der Waals surface area contributed by atoms with Crippen molar-refractivity contribution in [3.8, 4) is 5.75 Å². The van der Waals surface area contributed by atoms with Crippen molar-refractivity contribution < 1.29 is 5.11 Å². The number of fused-ring (bicyclic) bond motifs is 1. The van der Waals surface area contributed by atoms with Gasteiger partial charge in [0, 0.05) is 18.2 Å². The predicted molar refractivity (Wildman–Crippen MR) is 84.5 cm³/mol. The Balaban J connectivity index is 1.84. The molecule has 3 heteroatoms. The van der Waals surface area contributed by atoms with Crippen molar-refractivity contribution in [3.05, 3.63) is 50.7 Å². The van der Waals surface area contributed by atoms with Gasteiger partial charge in [-0.15, -0.1) is 0 Å². The molecule has 1 aliphatic carbocycles. The van der Waals surface area contributed by atoms with Gasteiger partial charge in [0.05, 0.1) is 0 Å². The van der Waals surface area contributed by atoms with Crippen molar-refractivity contribution in [3.63, 3.8) is 0 Å². The van der Waals surface area contributed by atoms with Gasteiger partial charge in [0.25, 0.3) is 0 Å². The zero-order valence-corrected chi connectivity index (χ0v) is 13.1. The normalized spacial score (nSPS) is 21.1. The second kappa shape index (κ2) is 5.23. The highest BCUT2D eigenvalue weighted by molar-refractivity contribution is 7.08. The van der Waals surface area contributed by atoms with E-state index in [4.69, 9.17) is 0 Å². The molecule has 1 aromatic carbocycles. The van der Waals surface area contributed by atoms with Crippen LogP contribution in [0.3, 0.4) is 0 Å². The Kier molecular flexibility index (Phi) is 3.57. The van der Waals surface area contributed by atoms with E-state index in [1.807, 2.05) is 12.1 Å². The molecule has 2 unspecified atom stereocenters. The summed E-state index contributed by atoms with van der Waals surface area (Å²) in [5.41, 5.74) is 6.46. The average molecular weight is 287 g/mol. The summed E-state index contributed by atoms with van der Waals surface area (Å²) in [6, 6.07) is 4.12. The molecule has 0 amide bonds. The topological polar surface area (TPSA) is 32.3 Å². The van der Waals surface area contributed by atoms with Gasteiger partial charge in [0.15, 0.2) is 0 Å². The van der Waals surface area contributed by atoms with Gasteiger partial charge >= 0.3 is 0 Å². The van der Waals surface area contributed by atoms with Gasteiger partial charge < -0.3 is 10.4 Å². The predicted octanol–water partition coefficient (Wildman–Crippen LogP) is 4.41. The number of hydrogen-bond acceptors (Lipinski definition) is 3. The first kappa shape index (κ1) is 13.7. The van der Waals surface area contributed by atoms with Gasteiger partial charge in [-0.05, 0) is 65.3 Å². The average Bonchev–Trinajstić information content (AvgIpc) is 2.96. The standard InChI is InChI=1S/C17H21NOS/c1-10-4-5-15(19)17-14(6-11(2)16(10)17)18-7-13-9-20-8-12(13)3/h4-5,8-9,11,14,18-19H,6-7H2,1-3H3. The Hall–Kier alpha value is -1.32. The maximum absolute atomic E-state index is 10.2. The van der Waals surface area contributed by atoms with E-state index in [-0.39, 0.29) is 6.04 Å². The molecular weight excluding hydrogens is 266 g/mol. The molecule has 0 saturated heterocycles. The molecule has 3 rings (SSSR count). The smallest absolute Gasteiger partial charge is 0.120 e. The highest BCUT2D eigenvalue weighted by Crippen LogP contribution is 2.46. The Morgan fingerprint density at radius 2 is 2.00 bits per heavy atom. The summed E-state index contributed by atoms with van der Waals surface area (Å²) in [6.45, 7) is 7.42. The highest BCUT2D eigenvalue weighted by Gasteiger charge is 2.31. The molecule has 1 aromatic heterocycles. The number of phenols is 1. The van der Waals surface area contributed by atoms with E-state index in [1.165, 1.54) is 22.3 Å². The quantitative estimate of drug-likeness (QED) is 0.876. The van der Waals surface area contributed by atoms with Gasteiger partial charge in [0.2, 0.25) is 0 Å². The molecule has 0 spiro atoms. The van der Waals surface area contributed by atoms with E-state index < -0.39 is 0 Å². The number of aromatic hydroxyl groups is 1. The van der Waals surface area contributed by atoms with Crippen molar-refractivity contribution in [1.82, 2.24) is 5.32 Å². The van der Waals surface area contributed by atoms with Crippen LogP contribution in [-0.2, 0) is 6.54 Å². The number of hydrogen-bond donors (Lipinski definition) is 2. The van der Waals surface area contributed by atoms with Crippen LogP contribution >= 0.6 is 11.3 Å². The van der Waals surface area contributed by atoms with Crippen molar-refractivity contribution in [1.29, 1.82) is 0 Å². The molecule has 106 valence electrons. The Morgan fingerprint density at radius 1 is 1.20 bits per heavy atom. The molecule has 2 aromatic rings. The third-order valence-corrected chi connectivity index (χ3v) is 5.32. The van der Waals surface area contributed by atoms with E-state index >= 15 is 0 Å². The molecule has 0 aliphatic heterocycles. The number of phenolic OH excluding ortho intramolecular Hbond substituents is 1. The lowest BCUT2D eigenvalue weighted by Gasteiger charge is -2.16. The number of thiophene rings is 1. The monoisotopic (exact) mass is 287 g/mol. The van der Waals surface area contributed by atoms with Crippen molar-refractivity contribution >= 4 is 11.3 Å². The van der Waals surface area contributed by atoms with Crippen LogP contribution in [-0.4, -0.2) is 5.11 Å². The van der Waals surface area contributed by atoms with Crippen molar-refractivity contribution in [2.75, 3.05) is 0 Å². The summed E-state index contributed by atoms with van der Waals surface area (Å²) in [6.07, 6.45) is 1.07. The molecule has 20 heavy (non-hydrogen) atoms. The first-order valence-electron chi connectivity index (χ1n) is 7.15. The fraction of sp³-hybridized carbons (Fsp3) is 0.412. The Bertz CT molecular complexity index is 632. The van der Waals surface area contributed by atoms with E-state index in [2.05, 4.69) is 36.8 Å². The third-order valence-electron chi connectivity index (χ3n) is 4.41. The lowest BCUT2D eigenvalue weighted by molar-refractivity contribution is 0.445. The molecule has 0 radical (unpaired) electrons. The van der Waals surface area contributed by atoms with Crippen LogP contribution in [0.2, 0.25) is 0 Å². The van der Waals surface area contributed by atoms with E-state index in [9.17, 15) is 5.11 Å². The van der Waals surface area contributed by atoms with Gasteiger partial charge in [-0.2, -0.15) is 11.3 Å².